The van der Waals surface area contributed by atoms with Gasteiger partial charge in [-0.2, -0.15) is 0 Å². The Morgan fingerprint density at radius 1 is 1.30 bits per heavy atom. The topological polar surface area (TPSA) is 72.6 Å². The summed E-state index contributed by atoms with van der Waals surface area (Å²) in [4.78, 5) is 25.6. The summed E-state index contributed by atoms with van der Waals surface area (Å²) >= 11 is 3.26. The third-order valence-electron chi connectivity index (χ3n) is 2.86. The number of anilines is 1. The number of amides is 1. The Hall–Kier alpha value is -1.56. The molecule has 1 aromatic carbocycles. The maximum absolute atomic E-state index is 12.0. The standard InChI is InChI=1S/C14H19BrN2O3/c1-4-17(5-2)13(18)9(3)20-14(19)10-6-11(15)8-12(16)7-10/h6-9H,4-5,16H2,1-3H3. The summed E-state index contributed by atoms with van der Waals surface area (Å²) in [6, 6.07) is 4.80. The number of hydrogen-bond acceptors (Lipinski definition) is 4. The number of nitrogen functional groups attached to an aromatic ring is 1. The Kier molecular flexibility index (Phi) is 6.01. The molecule has 0 bridgehead atoms. The number of likely N-dealkylation sites (N-methyl/N-ethyl adjacent to an activating group) is 1. The van der Waals surface area contributed by atoms with E-state index in [1.807, 2.05) is 13.8 Å². The first-order valence-corrected chi connectivity index (χ1v) is 7.24. The molecule has 1 amide bonds. The number of esters is 1. The van der Waals surface area contributed by atoms with Gasteiger partial charge in [0.2, 0.25) is 0 Å². The van der Waals surface area contributed by atoms with Crippen molar-refractivity contribution in [3.63, 3.8) is 0 Å². The number of hydrogen-bond donors (Lipinski definition) is 1. The van der Waals surface area contributed by atoms with Gasteiger partial charge in [0, 0.05) is 23.2 Å². The molecule has 0 fully saturated rings. The number of nitrogens with zero attached hydrogens (tertiary/aromatic N) is 1. The van der Waals surface area contributed by atoms with Crippen molar-refractivity contribution in [3.05, 3.63) is 28.2 Å². The first-order chi connectivity index (χ1) is 9.38. The van der Waals surface area contributed by atoms with E-state index in [1.54, 1.807) is 24.0 Å². The van der Waals surface area contributed by atoms with Crippen LogP contribution < -0.4 is 5.73 Å². The van der Waals surface area contributed by atoms with Crippen molar-refractivity contribution in [3.8, 4) is 0 Å². The highest BCUT2D eigenvalue weighted by Gasteiger charge is 2.22. The fraction of sp³-hybridized carbons (Fsp3) is 0.429. The van der Waals surface area contributed by atoms with Crippen LogP contribution in [0.1, 0.15) is 31.1 Å². The summed E-state index contributed by atoms with van der Waals surface area (Å²) in [6.45, 7) is 6.50. The molecule has 0 spiro atoms. The lowest BCUT2D eigenvalue weighted by Gasteiger charge is -2.22. The first-order valence-electron chi connectivity index (χ1n) is 6.44. The lowest BCUT2D eigenvalue weighted by Crippen LogP contribution is -2.39. The number of halogens is 1. The molecule has 2 N–H and O–H groups in total. The van der Waals surface area contributed by atoms with Gasteiger partial charge in [-0.3, -0.25) is 4.79 Å². The summed E-state index contributed by atoms with van der Waals surface area (Å²) in [5.41, 5.74) is 6.43. The van der Waals surface area contributed by atoms with Gasteiger partial charge in [0.1, 0.15) is 0 Å². The van der Waals surface area contributed by atoms with Gasteiger partial charge >= 0.3 is 5.97 Å². The molecular weight excluding hydrogens is 324 g/mol. The largest absolute Gasteiger partial charge is 0.449 e. The number of benzene rings is 1. The molecular formula is C14H19BrN2O3. The lowest BCUT2D eigenvalue weighted by molar-refractivity contribution is -0.139. The van der Waals surface area contributed by atoms with Crippen LogP contribution in [0.2, 0.25) is 0 Å². The molecule has 1 atom stereocenters. The molecule has 0 heterocycles. The van der Waals surface area contributed by atoms with Crippen LogP contribution in [-0.4, -0.2) is 36.0 Å². The smallest absolute Gasteiger partial charge is 0.339 e. The van der Waals surface area contributed by atoms with Crippen molar-refractivity contribution in [2.24, 2.45) is 0 Å². The normalized spacial score (nSPS) is 11.8. The number of nitrogens with two attached hydrogens (primary N) is 1. The molecule has 0 saturated carbocycles. The third-order valence-corrected chi connectivity index (χ3v) is 3.32. The predicted molar refractivity (Wildman–Crippen MR) is 81.4 cm³/mol. The van der Waals surface area contributed by atoms with Crippen LogP contribution in [0.5, 0.6) is 0 Å². The van der Waals surface area contributed by atoms with Crippen molar-refractivity contribution in [2.75, 3.05) is 18.8 Å². The van der Waals surface area contributed by atoms with E-state index in [2.05, 4.69) is 15.9 Å². The molecule has 1 rings (SSSR count). The highest BCUT2D eigenvalue weighted by molar-refractivity contribution is 9.10. The van der Waals surface area contributed by atoms with E-state index < -0.39 is 12.1 Å². The Balaban J connectivity index is 2.77. The average molecular weight is 343 g/mol. The van der Waals surface area contributed by atoms with Crippen molar-refractivity contribution in [1.82, 2.24) is 4.90 Å². The Labute approximate surface area is 127 Å². The zero-order valence-electron chi connectivity index (χ0n) is 11.9. The van der Waals surface area contributed by atoms with Crippen LogP contribution in [-0.2, 0) is 9.53 Å². The van der Waals surface area contributed by atoms with E-state index in [0.29, 0.717) is 28.8 Å². The van der Waals surface area contributed by atoms with Gasteiger partial charge in [-0.15, -0.1) is 0 Å². The summed E-state index contributed by atoms with van der Waals surface area (Å²) in [5, 5.41) is 0. The van der Waals surface area contributed by atoms with Crippen molar-refractivity contribution in [2.45, 2.75) is 26.9 Å². The van der Waals surface area contributed by atoms with E-state index in [9.17, 15) is 9.59 Å². The Morgan fingerprint density at radius 2 is 1.90 bits per heavy atom. The van der Waals surface area contributed by atoms with Crippen LogP contribution in [0.15, 0.2) is 22.7 Å². The molecule has 110 valence electrons. The number of carbonyl (C=O) groups is 2. The summed E-state index contributed by atoms with van der Waals surface area (Å²) in [5.74, 6) is -0.766. The summed E-state index contributed by atoms with van der Waals surface area (Å²) < 4.78 is 5.87. The maximum Gasteiger partial charge on any atom is 0.339 e. The highest BCUT2D eigenvalue weighted by atomic mass is 79.9. The highest BCUT2D eigenvalue weighted by Crippen LogP contribution is 2.18. The predicted octanol–water partition coefficient (Wildman–Crippen LogP) is 2.45. The molecule has 0 aliphatic rings. The van der Waals surface area contributed by atoms with Crippen molar-refractivity contribution >= 4 is 33.5 Å². The minimum atomic E-state index is -0.817. The SMILES string of the molecule is CCN(CC)C(=O)C(C)OC(=O)c1cc(N)cc(Br)c1. The van der Waals surface area contributed by atoms with E-state index in [4.69, 9.17) is 10.5 Å². The van der Waals surface area contributed by atoms with Crippen LogP contribution in [0.25, 0.3) is 0 Å². The third kappa shape index (κ3) is 4.23. The van der Waals surface area contributed by atoms with Gasteiger partial charge in [0.15, 0.2) is 6.10 Å². The molecule has 0 aliphatic heterocycles. The molecule has 1 unspecified atom stereocenters. The van der Waals surface area contributed by atoms with Gasteiger partial charge in [0.25, 0.3) is 5.91 Å². The van der Waals surface area contributed by atoms with Gasteiger partial charge in [-0.1, -0.05) is 15.9 Å². The minimum absolute atomic E-state index is 0.202. The minimum Gasteiger partial charge on any atom is -0.449 e. The summed E-state index contributed by atoms with van der Waals surface area (Å²) in [6.07, 6.45) is -0.817. The second-order valence-electron chi connectivity index (χ2n) is 4.33. The molecule has 5 nitrogen and oxygen atoms in total. The van der Waals surface area contributed by atoms with Gasteiger partial charge < -0.3 is 15.4 Å². The fourth-order valence-corrected chi connectivity index (χ4v) is 2.31. The zero-order chi connectivity index (χ0) is 15.3. The molecule has 1 aromatic rings. The van der Waals surface area contributed by atoms with E-state index in [0.717, 1.165) is 0 Å². The lowest BCUT2D eigenvalue weighted by atomic mass is 10.2. The number of ether oxygens (including phenoxy) is 1. The molecule has 6 heteroatoms. The van der Waals surface area contributed by atoms with Crippen molar-refractivity contribution in [1.29, 1.82) is 0 Å². The molecule has 0 aromatic heterocycles. The molecule has 0 aliphatic carbocycles. The van der Waals surface area contributed by atoms with E-state index in [1.165, 1.54) is 6.07 Å². The second kappa shape index (κ2) is 7.28. The van der Waals surface area contributed by atoms with Crippen LogP contribution >= 0.6 is 15.9 Å². The monoisotopic (exact) mass is 342 g/mol. The zero-order valence-corrected chi connectivity index (χ0v) is 13.4. The maximum atomic E-state index is 12.0. The molecule has 0 radical (unpaired) electrons. The number of rotatable bonds is 5. The molecule has 0 saturated heterocycles. The van der Waals surface area contributed by atoms with Crippen LogP contribution in [0.3, 0.4) is 0 Å². The average Bonchev–Trinajstić information content (AvgIpc) is 2.38. The van der Waals surface area contributed by atoms with Crippen molar-refractivity contribution < 1.29 is 14.3 Å². The van der Waals surface area contributed by atoms with Gasteiger partial charge in [-0.25, -0.2) is 4.79 Å². The quantitative estimate of drug-likeness (QED) is 0.658. The van der Waals surface area contributed by atoms with E-state index in [-0.39, 0.29) is 5.91 Å². The molecule has 20 heavy (non-hydrogen) atoms. The fourth-order valence-electron chi connectivity index (χ4n) is 1.80. The summed E-state index contributed by atoms with van der Waals surface area (Å²) in [7, 11) is 0. The van der Waals surface area contributed by atoms with Gasteiger partial charge in [0.05, 0.1) is 5.56 Å². The Morgan fingerprint density at radius 3 is 2.40 bits per heavy atom. The van der Waals surface area contributed by atoms with E-state index >= 15 is 0 Å². The Bertz CT molecular complexity index is 481. The van der Waals surface area contributed by atoms with Crippen LogP contribution in [0, 0.1) is 0 Å². The second-order valence-corrected chi connectivity index (χ2v) is 5.25. The van der Waals surface area contributed by atoms with Crippen LogP contribution in [0.4, 0.5) is 5.69 Å². The number of carbonyl (C=O) groups excluding carboxylic acids is 2. The first kappa shape index (κ1) is 16.5. The van der Waals surface area contributed by atoms with Gasteiger partial charge in [-0.05, 0) is 39.0 Å².